The highest BCUT2D eigenvalue weighted by molar-refractivity contribution is 6.00. The van der Waals surface area contributed by atoms with Crippen LogP contribution in [0.5, 0.6) is 5.75 Å². The SMILES string of the molecule is COc1cc2nn(C3CCC(CN4CCNCC4)CC3)cc2cc1-c1ccc(C(F)(F)F)nc1C(N)=O. The number of methoxy groups -OCH3 is 1. The molecular formula is C26H31F3N6O2. The van der Waals surface area contributed by atoms with Gasteiger partial charge in [-0.25, -0.2) is 4.98 Å². The van der Waals surface area contributed by atoms with Crippen LogP contribution >= 0.6 is 0 Å². The van der Waals surface area contributed by atoms with Crippen LogP contribution in [0.3, 0.4) is 0 Å². The van der Waals surface area contributed by atoms with Gasteiger partial charge in [-0.1, -0.05) is 0 Å². The van der Waals surface area contributed by atoms with Crippen LogP contribution in [0.4, 0.5) is 13.2 Å². The van der Waals surface area contributed by atoms with Crippen molar-refractivity contribution in [2.75, 3.05) is 39.8 Å². The molecule has 1 aliphatic carbocycles. The van der Waals surface area contributed by atoms with Crippen LogP contribution in [0.15, 0.2) is 30.5 Å². The van der Waals surface area contributed by atoms with E-state index in [0.29, 0.717) is 22.7 Å². The molecule has 2 fully saturated rings. The van der Waals surface area contributed by atoms with E-state index >= 15 is 0 Å². The van der Waals surface area contributed by atoms with Gasteiger partial charge in [0.15, 0.2) is 0 Å². The fraction of sp³-hybridized carbons (Fsp3) is 0.500. The van der Waals surface area contributed by atoms with E-state index in [-0.39, 0.29) is 11.6 Å². The van der Waals surface area contributed by atoms with E-state index in [9.17, 15) is 18.0 Å². The van der Waals surface area contributed by atoms with E-state index in [1.807, 2.05) is 10.9 Å². The molecule has 1 aliphatic heterocycles. The summed E-state index contributed by atoms with van der Waals surface area (Å²) in [6, 6.07) is 5.84. The normalized spacial score (nSPS) is 21.3. The van der Waals surface area contributed by atoms with Gasteiger partial charge in [0, 0.05) is 61.5 Å². The number of nitrogens with two attached hydrogens (primary N) is 1. The van der Waals surface area contributed by atoms with Gasteiger partial charge in [0.2, 0.25) is 0 Å². The third kappa shape index (κ3) is 5.42. The highest BCUT2D eigenvalue weighted by Gasteiger charge is 2.34. The minimum atomic E-state index is -4.69. The number of carbonyl (C=O) groups is 1. The molecule has 37 heavy (non-hydrogen) atoms. The Bertz CT molecular complexity index is 1280. The van der Waals surface area contributed by atoms with Gasteiger partial charge in [-0.05, 0) is 49.8 Å². The molecule has 0 radical (unpaired) electrons. The maximum atomic E-state index is 13.2. The molecular weight excluding hydrogens is 485 g/mol. The summed E-state index contributed by atoms with van der Waals surface area (Å²) < 4.78 is 47.1. The Hall–Kier alpha value is -3.18. The van der Waals surface area contributed by atoms with Crippen molar-refractivity contribution >= 4 is 16.8 Å². The molecule has 2 aromatic heterocycles. The van der Waals surface area contributed by atoms with Gasteiger partial charge in [-0.2, -0.15) is 18.3 Å². The van der Waals surface area contributed by atoms with Gasteiger partial charge in [-0.15, -0.1) is 0 Å². The summed E-state index contributed by atoms with van der Waals surface area (Å²) in [6.45, 7) is 5.49. The van der Waals surface area contributed by atoms with Gasteiger partial charge in [0.1, 0.15) is 17.1 Å². The number of pyridine rings is 1. The van der Waals surface area contributed by atoms with Crippen molar-refractivity contribution in [3.8, 4) is 16.9 Å². The number of primary amides is 1. The maximum absolute atomic E-state index is 13.2. The molecule has 1 aromatic carbocycles. The van der Waals surface area contributed by atoms with E-state index < -0.39 is 23.5 Å². The van der Waals surface area contributed by atoms with Crippen molar-refractivity contribution in [1.82, 2.24) is 25.0 Å². The lowest BCUT2D eigenvalue weighted by atomic mass is 9.85. The molecule has 198 valence electrons. The number of aromatic nitrogens is 3. The largest absolute Gasteiger partial charge is 0.496 e. The molecule has 3 aromatic rings. The van der Waals surface area contributed by atoms with Crippen LogP contribution in [-0.2, 0) is 6.18 Å². The number of ether oxygens (including phenoxy) is 1. The number of nitrogens with zero attached hydrogens (tertiary/aromatic N) is 4. The van der Waals surface area contributed by atoms with Crippen LogP contribution in [0, 0.1) is 5.92 Å². The highest BCUT2D eigenvalue weighted by atomic mass is 19.4. The lowest BCUT2D eigenvalue weighted by molar-refractivity contribution is -0.141. The van der Waals surface area contributed by atoms with E-state index in [0.717, 1.165) is 69.9 Å². The number of alkyl halides is 3. The molecule has 8 nitrogen and oxygen atoms in total. The van der Waals surface area contributed by atoms with E-state index in [1.165, 1.54) is 13.2 Å². The second-order valence-electron chi connectivity index (χ2n) is 9.90. The molecule has 0 spiro atoms. The predicted molar refractivity (Wildman–Crippen MR) is 133 cm³/mol. The Morgan fingerprint density at radius 3 is 2.51 bits per heavy atom. The number of amides is 1. The van der Waals surface area contributed by atoms with Gasteiger partial charge >= 0.3 is 6.18 Å². The Morgan fingerprint density at radius 1 is 1.14 bits per heavy atom. The summed E-state index contributed by atoms with van der Waals surface area (Å²) in [5, 5.41) is 8.99. The van der Waals surface area contributed by atoms with Crippen molar-refractivity contribution < 1.29 is 22.7 Å². The Kier molecular flexibility index (Phi) is 7.09. The molecule has 1 saturated heterocycles. The number of piperazine rings is 1. The van der Waals surface area contributed by atoms with Gasteiger partial charge in [0.25, 0.3) is 5.91 Å². The van der Waals surface area contributed by atoms with Crippen molar-refractivity contribution in [2.45, 2.75) is 37.9 Å². The fourth-order valence-corrected chi connectivity index (χ4v) is 5.51. The van der Waals surface area contributed by atoms with E-state index in [4.69, 9.17) is 15.6 Å². The second kappa shape index (κ2) is 10.3. The molecule has 0 bridgehead atoms. The number of hydrogen-bond acceptors (Lipinski definition) is 6. The third-order valence-corrected chi connectivity index (χ3v) is 7.47. The second-order valence-corrected chi connectivity index (χ2v) is 9.90. The quantitative estimate of drug-likeness (QED) is 0.516. The average Bonchev–Trinajstić information content (AvgIpc) is 3.31. The van der Waals surface area contributed by atoms with Crippen molar-refractivity contribution in [1.29, 1.82) is 0 Å². The molecule has 1 amide bonds. The van der Waals surface area contributed by atoms with Crippen LogP contribution in [0.2, 0.25) is 0 Å². The zero-order valence-electron chi connectivity index (χ0n) is 20.7. The maximum Gasteiger partial charge on any atom is 0.433 e. The molecule has 2 aliphatic rings. The van der Waals surface area contributed by atoms with Crippen LogP contribution in [0.1, 0.15) is 47.9 Å². The molecule has 5 rings (SSSR count). The topological polar surface area (TPSA) is 98.3 Å². The summed E-state index contributed by atoms with van der Waals surface area (Å²) in [5.41, 5.74) is 5.10. The van der Waals surface area contributed by atoms with E-state index in [2.05, 4.69) is 15.2 Å². The molecule has 3 N–H and O–H groups in total. The number of nitrogens with one attached hydrogen (secondary N) is 1. The Balaban J connectivity index is 1.39. The van der Waals surface area contributed by atoms with Crippen molar-refractivity contribution in [2.24, 2.45) is 11.7 Å². The minimum Gasteiger partial charge on any atom is -0.496 e. The van der Waals surface area contributed by atoms with Crippen molar-refractivity contribution in [3.63, 3.8) is 0 Å². The molecule has 3 heterocycles. The first-order chi connectivity index (χ1) is 17.7. The number of benzene rings is 1. The first kappa shape index (κ1) is 25.5. The smallest absolute Gasteiger partial charge is 0.433 e. The zero-order valence-corrected chi connectivity index (χ0v) is 20.7. The van der Waals surface area contributed by atoms with Gasteiger partial charge in [-0.3, -0.25) is 9.48 Å². The molecule has 0 unspecified atom stereocenters. The van der Waals surface area contributed by atoms with Gasteiger partial charge in [0.05, 0.1) is 18.7 Å². The highest BCUT2D eigenvalue weighted by Crippen LogP contribution is 2.39. The van der Waals surface area contributed by atoms with Crippen LogP contribution in [-0.4, -0.2) is 65.4 Å². The van der Waals surface area contributed by atoms with Crippen LogP contribution in [0.25, 0.3) is 22.0 Å². The lowest BCUT2D eigenvalue weighted by Crippen LogP contribution is -2.45. The molecule has 1 saturated carbocycles. The summed E-state index contributed by atoms with van der Waals surface area (Å²) >= 11 is 0. The summed E-state index contributed by atoms with van der Waals surface area (Å²) in [5.74, 6) is 0.0310. The number of rotatable bonds is 6. The number of carbonyl (C=O) groups excluding carboxylic acids is 1. The van der Waals surface area contributed by atoms with Crippen LogP contribution < -0.4 is 15.8 Å². The summed E-state index contributed by atoms with van der Waals surface area (Å²) in [7, 11) is 1.46. The Labute approximate surface area is 213 Å². The van der Waals surface area contributed by atoms with Crippen molar-refractivity contribution in [3.05, 3.63) is 41.9 Å². The third-order valence-electron chi connectivity index (χ3n) is 7.47. The average molecular weight is 517 g/mol. The molecule has 11 heteroatoms. The lowest BCUT2D eigenvalue weighted by Gasteiger charge is -2.34. The van der Waals surface area contributed by atoms with Gasteiger partial charge < -0.3 is 20.7 Å². The summed E-state index contributed by atoms with van der Waals surface area (Å²) in [6.07, 6.45) is 1.66. The number of halogens is 3. The van der Waals surface area contributed by atoms with E-state index in [1.54, 1.807) is 12.1 Å². The molecule has 0 atom stereocenters. The fourth-order valence-electron chi connectivity index (χ4n) is 5.51. The number of fused-ring (bicyclic) bond motifs is 1. The first-order valence-corrected chi connectivity index (χ1v) is 12.6. The Morgan fingerprint density at radius 2 is 1.86 bits per heavy atom. The minimum absolute atomic E-state index is 0.181. The number of hydrogen-bond donors (Lipinski definition) is 2. The predicted octanol–water partition coefficient (Wildman–Crippen LogP) is 3.86. The summed E-state index contributed by atoms with van der Waals surface area (Å²) in [4.78, 5) is 18.1. The first-order valence-electron chi connectivity index (χ1n) is 12.6. The monoisotopic (exact) mass is 516 g/mol. The standard InChI is InChI=1S/C26H31F3N6O2/c1-37-22-13-21-17(12-20(22)19-6-7-23(26(27,28)29)32-24(19)25(30)36)15-35(33-21)18-4-2-16(3-5-18)14-34-10-8-31-9-11-34/h6-7,12-13,15-16,18,31H,2-5,8-11,14H2,1H3,(H2,30,36). The zero-order chi connectivity index (χ0) is 26.2.